The molecule has 2 amide bonds. The number of hydrogen-bond donors (Lipinski definition) is 1. The number of amides is 2. The van der Waals surface area contributed by atoms with Crippen molar-refractivity contribution in [2.24, 2.45) is 7.05 Å². The fourth-order valence-electron chi connectivity index (χ4n) is 3.80. The summed E-state index contributed by atoms with van der Waals surface area (Å²) in [4.78, 5) is 40.5. The summed E-state index contributed by atoms with van der Waals surface area (Å²) in [5.41, 5.74) is -0.850. The van der Waals surface area contributed by atoms with Crippen molar-refractivity contribution >= 4 is 39.8 Å². The summed E-state index contributed by atoms with van der Waals surface area (Å²) in [5.74, 6) is -0.833. The number of nitrogens with one attached hydrogen (secondary N) is 1. The first-order valence-electron chi connectivity index (χ1n) is 12.6. The molecule has 0 aliphatic carbocycles. The van der Waals surface area contributed by atoms with Gasteiger partial charge in [0, 0.05) is 45.1 Å². The Labute approximate surface area is 239 Å². The molecule has 14 heteroatoms. The number of carbonyl (C=O) groups is 3. The molecule has 0 bridgehead atoms. The summed E-state index contributed by atoms with van der Waals surface area (Å²) in [6, 6.07) is 4.72. The van der Waals surface area contributed by atoms with Crippen LogP contribution in [-0.4, -0.2) is 87.8 Å². The standard InChI is InChI=1S/C26H37N5O7S2/c1-25(2,3)38-23(33)20(13-17-9-11-18(12-10-17)37-24(34)29(6)7)31(22(32)21-28-26(4,5)16-39-21)40(35,36)19-14-27-30(8)15-19/h9-12,14-15,20-21,28H,13,16H2,1-8H3/t20-,21-/m0/s1. The molecule has 2 heterocycles. The zero-order valence-electron chi connectivity index (χ0n) is 24.0. The van der Waals surface area contributed by atoms with Crippen LogP contribution in [0.5, 0.6) is 5.75 Å². The second kappa shape index (κ2) is 11.8. The molecule has 3 rings (SSSR count). The lowest BCUT2D eigenvalue weighted by atomic mass is 10.0. The minimum atomic E-state index is -4.54. The Kier molecular flexibility index (Phi) is 9.26. The van der Waals surface area contributed by atoms with Crippen LogP contribution < -0.4 is 10.1 Å². The van der Waals surface area contributed by atoms with Crippen molar-refractivity contribution in [3.8, 4) is 5.75 Å². The molecule has 2 aromatic rings. The molecule has 0 unspecified atom stereocenters. The minimum Gasteiger partial charge on any atom is -0.458 e. The van der Waals surface area contributed by atoms with Gasteiger partial charge in [0.1, 0.15) is 27.7 Å². The second-order valence-corrected chi connectivity index (χ2v) is 14.3. The second-order valence-electron chi connectivity index (χ2n) is 11.4. The molecular weight excluding hydrogens is 558 g/mol. The van der Waals surface area contributed by atoms with Crippen molar-refractivity contribution in [2.75, 3.05) is 19.8 Å². The topological polar surface area (TPSA) is 140 Å². The van der Waals surface area contributed by atoms with E-state index in [9.17, 15) is 22.8 Å². The number of thioether (sulfide) groups is 1. The van der Waals surface area contributed by atoms with Gasteiger partial charge >= 0.3 is 12.1 Å². The Morgan fingerprint density at radius 1 is 1.20 bits per heavy atom. The van der Waals surface area contributed by atoms with E-state index in [2.05, 4.69) is 10.4 Å². The lowest BCUT2D eigenvalue weighted by Crippen LogP contribution is -2.56. The van der Waals surface area contributed by atoms with Gasteiger partial charge < -0.3 is 14.4 Å². The quantitative estimate of drug-likeness (QED) is 0.453. The van der Waals surface area contributed by atoms with Gasteiger partial charge in [0.05, 0.1) is 6.20 Å². The average molecular weight is 596 g/mol. The van der Waals surface area contributed by atoms with E-state index in [1.807, 2.05) is 13.8 Å². The monoisotopic (exact) mass is 595 g/mol. The number of esters is 1. The number of rotatable bonds is 8. The van der Waals surface area contributed by atoms with Crippen LogP contribution in [0.3, 0.4) is 0 Å². The summed E-state index contributed by atoms with van der Waals surface area (Å²) < 4.78 is 40.8. The molecular formula is C26H37N5O7S2. The molecule has 1 aromatic carbocycles. The van der Waals surface area contributed by atoms with Crippen LogP contribution in [0.4, 0.5) is 4.79 Å². The smallest absolute Gasteiger partial charge is 0.414 e. The van der Waals surface area contributed by atoms with Crippen LogP contribution in [0.1, 0.15) is 40.2 Å². The van der Waals surface area contributed by atoms with Crippen LogP contribution in [0.2, 0.25) is 0 Å². The first kappa shape index (κ1) is 31.4. The molecule has 1 aliphatic rings. The molecule has 1 aliphatic heterocycles. The maximum Gasteiger partial charge on any atom is 0.414 e. The average Bonchev–Trinajstić information content (AvgIpc) is 3.43. The summed E-state index contributed by atoms with van der Waals surface area (Å²) in [5, 5.41) is 6.21. The predicted molar refractivity (Wildman–Crippen MR) is 150 cm³/mol. The van der Waals surface area contributed by atoms with Gasteiger partial charge in [0.25, 0.3) is 15.9 Å². The Morgan fingerprint density at radius 3 is 2.30 bits per heavy atom. The lowest BCUT2D eigenvalue weighted by Gasteiger charge is -2.33. The number of sulfonamides is 1. The van der Waals surface area contributed by atoms with Gasteiger partial charge in [-0.25, -0.2) is 22.3 Å². The molecule has 0 saturated carbocycles. The van der Waals surface area contributed by atoms with E-state index in [1.54, 1.807) is 54.0 Å². The van der Waals surface area contributed by atoms with Crippen molar-refractivity contribution in [1.82, 2.24) is 24.3 Å². The van der Waals surface area contributed by atoms with Gasteiger partial charge in [-0.2, -0.15) is 5.10 Å². The van der Waals surface area contributed by atoms with Crippen molar-refractivity contribution < 1.29 is 32.3 Å². The molecule has 1 aromatic heterocycles. The van der Waals surface area contributed by atoms with Gasteiger partial charge in [-0.3, -0.25) is 14.8 Å². The fraction of sp³-hybridized carbons (Fsp3) is 0.538. The van der Waals surface area contributed by atoms with E-state index < -0.39 is 50.5 Å². The van der Waals surface area contributed by atoms with Crippen molar-refractivity contribution in [3.63, 3.8) is 0 Å². The number of benzene rings is 1. The van der Waals surface area contributed by atoms with E-state index in [-0.39, 0.29) is 17.1 Å². The lowest BCUT2D eigenvalue weighted by molar-refractivity contribution is -0.161. The Hall–Kier alpha value is -3.10. The molecule has 12 nitrogen and oxygen atoms in total. The zero-order valence-corrected chi connectivity index (χ0v) is 25.6. The minimum absolute atomic E-state index is 0.178. The Bertz CT molecular complexity index is 1350. The van der Waals surface area contributed by atoms with Crippen molar-refractivity contribution in [1.29, 1.82) is 0 Å². The van der Waals surface area contributed by atoms with Gasteiger partial charge in [-0.15, -0.1) is 11.8 Å². The maximum atomic E-state index is 14.0. The first-order chi connectivity index (χ1) is 18.4. The first-order valence-corrected chi connectivity index (χ1v) is 15.1. The molecule has 1 saturated heterocycles. The van der Waals surface area contributed by atoms with E-state index in [0.717, 1.165) is 6.20 Å². The number of carbonyl (C=O) groups excluding carboxylic acids is 3. The third-order valence-electron chi connectivity index (χ3n) is 5.70. The largest absolute Gasteiger partial charge is 0.458 e. The summed E-state index contributed by atoms with van der Waals surface area (Å²) in [6.45, 7) is 8.80. The molecule has 1 fully saturated rings. The molecule has 1 N–H and O–H groups in total. The number of ether oxygens (including phenoxy) is 2. The normalized spacial score (nSPS) is 17.6. The molecule has 2 atom stereocenters. The van der Waals surface area contributed by atoms with Crippen molar-refractivity contribution in [3.05, 3.63) is 42.2 Å². The fourth-order valence-corrected chi connectivity index (χ4v) is 6.73. The molecule has 40 heavy (non-hydrogen) atoms. The summed E-state index contributed by atoms with van der Waals surface area (Å²) in [7, 11) is 0.119. The molecule has 220 valence electrons. The highest BCUT2D eigenvalue weighted by Crippen LogP contribution is 2.31. The van der Waals surface area contributed by atoms with Crippen LogP contribution in [0, 0.1) is 0 Å². The maximum absolute atomic E-state index is 14.0. The highest BCUT2D eigenvalue weighted by atomic mass is 32.2. The number of aromatic nitrogens is 2. The van der Waals surface area contributed by atoms with Gasteiger partial charge in [-0.1, -0.05) is 12.1 Å². The van der Waals surface area contributed by atoms with Gasteiger partial charge in [0.2, 0.25) is 0 Å². The van der Waals surface area contributed by atoms with Gasteiger partial charge in [0.15, 0.2) is 0 Å². The van der Waals surface area contributed by atoms with Gasteiger partial charge in [-0.05, 0) is 52.3 Å². The Morgan fingerprint density at radius 2 is 1.82 bits per heavy atom. The van der Waals surface area contributed by atoms with E-state index in [4.69, 9.17) is 9.47 Å². The third kappa shape index (κ3) is 7.76. The van der Waals surface area contributed by atoms with E-state index >= 15 is 0 Å². The van der Waals surface area contributed by atoms with E-state index in [1.165, 1.54) is 39.7 Å². The van der Waals surface area contributed by atoms with Crippen LogP contribution >= 0.6 is 11.8 Å². The van der Waals surface area contributed by atoms with Crippen LogP contribution in [0.25, 0.3) is 0 Å². The molecule has 0 spiro atoms. The van der Waals surface area contributed by atoms with Crippen LogP contribution in [0.15, 0.2) is 41.6 Å². The SMILES string of the molecule is CN(C)C(=O)Oc1ccc(C[C@@H](C(=O)OC(C)(C)C)N(C(=O)[C@H]2NC(C)(C)CS2)S(=O)(=O)c2cnn(C)c2)cc1. The highest BCUT2D eigenvalue weighted by molar-refractivity contribution is 8.01. The predicted octanol–water partition coefficient (Wildman–Crippen LogP) is 2.39. The number of nitrogens with zero attached hydrogens (tertiary/aromatic N) is 4. The third-order valence-corrected chi connectivity index (χ3v) is 9.00. The highest BCUT2D eigenvalue weighted by Gasteiger charge is 2.47. The summed E-state index contributed by atoms with van der Waals surface area (Å²) in [6.07, 6.45) is 1.66. The number of hydrogen-bond acceptors (Lipinski definition) is 10. The van der Waals surface area contributed by atoms with E-state index in [0.29, 0.717) is 15.6 Å². The summed E-state index contributed by atoms with van der Waals surface area (Å²) >= 11 is 1.27. The van der Waals surface area contributed by atoms with Crippen LogP contribution in [-0.2, 0) is 37.8 Å². The Balaban J connectivity index is 2.07. The van der Waals surface area contributed by atoms with Crippen molar-refractivity contribution in [2.45, 2.75) is 68.5 Å². The number of aryl methyl sites for hydroxylation is 1. The zero-order chi connectivity index (χ0) is 30.0. The molecule has 0 radical (unpaired) electrons.